The summed E-state index contributed by atoms with van der Waals surface area (Å²) in [6, 6.07) is 0. The van der Waals surface area contributed by atoms with E-state index in [1.165, 1.54) is 18.1 Å². The van der Waals surface area contributed by atoms with Crippen LogP contribution in [0.2, 0.25) is 0 Å². The zero-order valence-electron chi connectivity index (χ0n) is 5.89. The quantitative estimate of drug-likeness (QED) is 0.594. The second-order valence-corrected chi connectivity index (χ2v) is 1.68. The molecule has 7 nitrogen and oxygen atoms in total. The van der Waals surface area contributed by atoms with Gasteiger partial charge in [0.25, 0.3) is 0 Å². The largest absolute Gasteiger partial charge is 0.453 e. The predicted molar refractivity (Wildman–Crippen MR) is 33.4 cm³/mol. The smallest absolute Gasteiger partial charge is 0.408 e. The lowest BCUT2D eigenvalue weighted by atomic mass is 10.9. The number of nitrogens with zero attached hydrogens (tertiary/aromatic N) is 4. The molecule has 0 aliphatic heterocycles. The van der Waals surface area contributed by atoms with Gasteiger partial charge in [0.1, 0.15) is 13.0 Å². The van der Waals surface area contributed by atoms with Crippen molar-refractivity contribution in [3.63, 3.8) is 0 Å². The number of hydrogen-bond acceptors (Lipinski definition) is 5. The molecule has 0 radical (unpaired) electrons. The van der Waals surface area contributed by atoms with Gasteiger partial charge in [-0.15, -0.1) is 5.10 Å². The number of aromatic nitrogens is 4. The summed E-state index contributed by atoms with van der Waals surface area (Å²) in [6.07, 6.45) is 0.871. The fraction of sp³-hybridized carbons (Fsp3) is 0.500. The van der Waals surface area contributed by atoms with Crippen LogP contribution in [0.5, 0.6) is 0 Å². The van der Waals surface area contributed by atoms with E-state index in [1.54, 1.807) is 0 Å². The molecular formula is C4H7N5O2. The number of nitrogens with one attached hydrogen (secondary N) is 1. The molecule has 0 aromatic carbocycles. The zero-order valence-corrected chi connectivity index (χ0v) is 5.89. The first kappa shape index (κ1) is 7.45. The van der Waals surface area contributed by atoms with Crippen LogP contribution in [0.3, 0.4) is 0 Å². The number of methoxy groups -OCH3 is 1. The molecule has 0 unspecified atom stereocenters. The molecule has 1 amide bonds. The fourth-order valence-corrected chi connectivity index (χ4v) is 0.470. The third kappa shape index (κ3) is 2.20. The zero-order chi connectivity index (χ0) is 8.10. The molecule has 1 aromatic heterocycles. The van der Waals surface area contributed by atoms with E-state index in [9.17, 15) is 4.79 Å². The fourth-order valence-electron chi connectivity index (χ4n) is 0.470. The van der Waals surface area contributed by atoms with Crippen LogP contribution in [0, 0.1) is 0 Å². The highest BCUT2D eigenvalue weighted by Crippen LogP contribution is 1.75. The third-order valence-electron chi connectivity index (χ3n) is 0.962. The second kappa shape index (κ2) is 3.49. The van der Waals surface area contributed by atoms with Crippen molar-refractivity contribution in [1.29, 1.82) is 0 Å². The van der Waals surface area contributed by atoms with Crippen LogP contribution in [-0.4, -0.2) is 33.4 Å². The summed E-state index contributed by atoms with van der Waals surface area (Å²) in [4.78, 5) is 10.5. The van der Waals surface area contributed by atoms with Crippen molar-refractivity contribution in [1.82, 2.24) is 25.5 Å². The normalized spacial score (nSPS) is 9.18. The molecule has 0 aliphatic rings. The molecule has 0 bridgehead atoms. The SMILES string of the molecule is COC(=O)NCn1cnnn1. The Hall–Kier alpha value is -1.66. The molecule has 1 rings (SSSR count). The third-order valence-corrected chi connectivity index (χ3v) is 0.962. The topological polar surface area (TPSA) is 81.9 Å². The van der Waals surface area contributed by atoms with Crippen LogP contribution in [0.4, 0.5) is 4.79 Å². The summed E-state index contributed by atoms with van der Waals surface area (Å²) >= 11 is 0. The average molecular weight is 157 g/mol. The van der Waals surface area contributed by atoms with E-state index >= 15 is 0 Å². The Morgan fingerprint density at radius 2 is 2.64 bits per heavy atom. The standard InChI is InChI=1S/C4H7N5O2/c1-11-4(10)5-2-9-3-6-7-8-9/h3H,2H2,1H3,(H,5,10). The minimum atomic E-state index is -0.513. The van der Waals surface area contributed by atoms with Gasteiger partial charge < -0.3 is 10.1 Å². The van der Waals surface area contributed by atoms with Gasteiger partial charge in [0.05, 0.1) is 7.11 Å². The molecule has 11 heavy (non-hydrogen) atoms. The Labute approximate surface area is 62.3 Å². The molecular weight excluding hydrogens is 150 g/mol. The first-order valence-electron chi connectivity index (χ1n) is 2.85. The highest BCUT2D eigenvalue weighted by molar-refractivity contribution is 5.66. The van der Waals surface area contributed by atoms with Crippen molar-refractivity contribution in [2.24, 2.45) is 0 Å². The summed E-state index contributed by atoms with van der Waals surface area (Å²) < 4.78 is 5.67. The van der Waals surface area contributed by atoms with E-state index in [-0.39, 0.29) is 6.67 Å². The number of ether oxygens (including phenoxy) is 1. The highest BCUT2D eigenvalue weighted by atomic mass is 16.5. The molecule has 1 aromatic rings. The van der Waals surface area contributed by atoms with Crippen LogP contribution < -0.4 is 5.32 Å². The Morgan fingerprint density at radius 3 is 3.18 bits per heavy atom. The molecule has 0 fully saturated rings. The maximum atomic E-state index is 10.5. The van der Waals surface area contributed by atoms with Crippen LogP contribution in [0.15, 0.2) is 6.33 Å². The van der Waals surface area contributed by atoms with Gasteiger partial charge >= 0.3 is 6.09 Å². The number of hydrogen-bond donors (Lipinski definition) is 1. The minimum Gasteiger partial charge on any atom is -0.453 e. The maximum Gasteiger partial charge on any atom is 0.408 e. The first-order chi connectivity index (χ1) is 5.33. The lowest BCUT2D eigenvalue weighted by molar-refractivity contribution is 0.167. The van der Waals surface area contributed by atoms with E-state index in [0.717, 1.165) is 0 Å². The van der Waals surface area contributed by atoms with Crippen LogP contribution in [0.1, 0.15) is 0 Å². The molecule has 0 saturated carbocycles. The Balaban J connectivity index is 2.29. The van der Waals surface area contributed by atoms with E-state index in [4.69, 9.17) is 0 Å². The average Bonchev–Trinajstić information content (AvgIpc) is 2.52. The molecule has 60 valence electrons. The lowest BCUT2D eigenvalue weighted by Crippen LogP contribution is -2.26. The number of carbonyl (C=O) groups is 1. The minimum absolute atomic E-state index is 0.208. The molecule has 1 heterocycles. The van der Waals surface area contributed by atoms with Gasteiger partial charge in [-0.25, -0.2) is 9.48 Å². The summed E-state index contributed by atoms with van der Waals surface area (Å²) in [7, 11) is 1.29. The summed E-state index contributed by atoms with van der Waals surface area (Å²) in [5, 5.41) is 12.6. The van der Waals surface area contributed by atoms with E-state index in [2.05, 4.69) is 25.6 Å². The van der Waals surface area contributed by atoms with Crippen molar-refractivity contribution in [2.45, 2.75) is 6.67 Å². The number of amides is 1. The molecule has 0 spiro atoms. The lowest BCUT2D eigenvalue weighted by Gasteiger charge is -2.00. The number of alkyl carbamates (subject to hydrolysis) is 1. The Morgan fingerprint density at radius 1 is 1.82 bits per heavy atom. The monoisotopic (exact) mass is 157 g/mol. The molecule has 0 atom stereocenters. The van der Waals surface area contributed by atoms with E-state index < -0.39 is 6.09 Å². The Bertz CT molecular complexity index is 220. The van der Waals surface area contributed by atoms with Crippen molar-refractivity contribution in [3.8, 4) is 0 Å². The molecule has 0 saturated heterocycles. The molecule has 7 heteroatoms. The van der Waals surface area contributed by atoms with Crippen LogP contribution >= 0.6 is 0 Å². The van der Waals surface area contributed by atoms with Crippen molar-refractivity contribution in [3.05, 3.63) is 6.33 Å². The van der Waals surface area contributed by atoms with Gasteiger partial charge in [-0.1, -0.05) is 0 Å². The van der Waals surface area contributed by atoms with Gasteiger partial charge in [-0.3, -0.25) is 0 Å². The summed E-state index contributed by atoms with van der Waals surface area (Å²) in [5.41, 5.74) is 0. The van der Waals surface area contributed by atoms with Crippen molar-refractivity contribution >= 4 is 6.09 Å². The maximum absolute atomic E-state index is 10.5. The van der Waals surface area contributed by atoms with Crippen molar-refractivity contribution < 1.29 is 9.53 Å². The molecule has 1 N–H and O–H groups in total. The number of tetrazole rings is 1. The van der Waals surface area contributed by atoms with Gasteiger partial charge in [0.2, 0.25) is 0 Å². The van der Waals surface area contributed by atoms with Gasteiger partial charge in [0, 0.05) is 0 Å². The number of rotatable bonds is 2. The van der Waals surface area contributed by atoms with Crippen molar-refractivity contribution in [2.75, 3.05) is 7.11 Å². The van der Waals surface area contributed by atoms with Crippen LogP contribution in [0.25, 0.3) is 0 Å². The second-order valence-electron chi connectivity index (χ2n) is 1.68. The Kier molecular flexibility index (Phi) is 2.37. The first-order valence-corrected chi connectivity index (χ1v) is 2.85. The van der Waals surface area contributed by atoms with Crippen LogP contribution in [-0.2, 0) is 11.4 Å². The highest BCUT2D eigenvalue weighted by Gasteiger charge is 1.97. The van der Waals surface area contributed by atoms with Gasteiger partial charge in [-0.2, -0.15) is 0 Å². The number of carbonyl (C=O) groups excluding carboxylic acids is 1. The molecule has 0 aliphatic carbocycles. The van der Waals surface area contributed by atoms with E-state index in [1.807, 2.05) is 0 Å². The van der Waals surface area contributed by atoms with E-state index in [0.29, 0.717) is 0 Å². The predicted octanol–water partition coefficient (Wildman–Crippen LogP) is -1.01. The van der Waals surface area contributed by atoms with Gasteiger partial charge in [-0.05, 0) is 10.4 Å². The van der Waals surface area contributed by atoms with Gasteiger partial charge in [0.15, 0.2) is 0 Å². The summed E-state index contributed by atoms with van der Waals surface area (Å²) in [6.45, 7) is 0.208. The summed E-state index contributed by atoms with van der Waals surface area (Å²) in [5.74, 6) is 0.